The summed E-state index contributed by atoms with van der Waals surface area (Å²) in [5.74, 6) is 1.08. The van der Waals surface area contributed by atoms with Crippen molar-refractivity contribution in [3.8, 4) is 0 Å². The third kappa shape index (κ3) is 3.52. The minimum atomic E-state index is 0.357. The Hall–Kier alpha value is -0.620. The lowest BCUT2D eigenvalue weighted by Crippen LogP contribution is -2.33. The number of halogens is 1. The van der Waals surface area contributed by atoms with Gasteiger partial charge in [-0.25, -0.2) is 0 Å². The molecule has 0 bridgehead atoms. The van der Waals surface area contributed by atoms with E-state index in [-0.39, 0.29) is 0 Å². The van der Waals surface area contributed by atoms with Crippen molar-refractivity contribution in [2.24, 2.45) is 0 Å². The quantitative estimate of drug-likeness (QED) is 0.848. The fourth-order valence-corrected chi connectivity index (χ4v) is 4.18. The highest BCUT2D eigenvalue weighted by atomic mass is 79.9. The SMILES string of the molecule is Brc1ccc(CNC[C@H](c2ccco2)N2CCCC2)s1. The second-order valence-corrected chi connectivity index (χ2v) is 7.66. The van der Waals surface area contributed by atoms with E-state index in [1.54, 1.807) is 17.6 Å². The van der Waals surface area contributed by atoms with Crippen molar-refractivity contribution in [2.75, 3.05) is 19.6 Å². The van der Waals surface area contributed by atoms with E-state index in [0.29, 0.717) is 6.04 Å². The van der Waals surface area contributed by atoms with Gasteiger partial charge >= 0.3 is 0 Å². The first-order chi connectivity index (χ1) is 9.83. The minimum absolute atomic E-state index is 0.357. The fourth-order valence-electron chi connectivity index (χ4n) is 2.72. The summed E-state index contributed by atoms with van der Waals surface area (Å²) in [5.41, 5.74) is 0. The van der Waals surface area contributed by atoms with Crippen molar-refractivity contribution in [3.05, 3.63) is 45.0 Å². The van der Waals surface area contributed by atoms with Gasteiger partial charge in [0.05, 0.1) is 16.1 Å². The smallest absolute Gasteiger partial charge is 0.122 e. The van der Waals surface area contributed by atoms with Gasteiger partial charge in [-0.15, -0.1) is 11.3 Å². The van der Waals surface area contributed by atoms with Gasteiger partial charge in [0.1, 0.15) is 5.76 Å². The van der Waals surface area contributed by atoms with Crippen LogP contribution < -0.4 is 5.32 Å². The second-order valence-electron chi connectivity index (χ2n) is 5.11. The minimum Gasteiger partial charge on any atom is -0.468 e. The van der Waals surface area contributed by atoms with Gasteiger partial charge in [-0.3, -0.25) is 4.90 Å². The summed E-state index contributed by atoms with van der Waals surface area (Å²) in [4.78, 5) is 3.88. The maximum atomic E-state index is 5.63. The highest BCUT2D eigenvalue weighted by Gasteiger charge is 2.25. The number of likely N-dealkylation sites (tertiary alicyclic amines) is 1. The highest BCUT2D eigenvalue weighted by Crippen LogP contribution is 2.25. The summed E-state index contributed by atoms with van der Waals surface area (Å²) < 4.78 is 6.82. The molecule has 0 aliphatic carbocycles. The van der Waals surface area contributed by atoms with E-state index < -0.39 is 0 Å². The zero-order valence-corrected chi connectivity index (χ0v) is 13.8. The molecule has 0 aromatic carbocycles. The highest BCUT2D eigenvalue weighted by molar-refractivity contribution is 9.11. The first-order valence-electron chi connectivity index (χ1n) is 7.05. The lowest BCUT2D eigenvalue weighted by atomic mass is 10.2. The van der Waals surface area contributed by atoms with Crippen molar-refractivity contribution in [2.45, 2.75) is 25.4 Å². The number of nitrogens with one attached hydrogen (secondary N) is 1. The van der Waals surface area contributed by atoms with Crippen LogP contribution in [0.4, 0.5) is 0 Å². The molecule has 0 radical (unpaired) electrons. The molecule has 1 saturated heterocycles. The molecule has 1 atom stereocenters. The van der Waals surface area contributed by atoms with Gasteiger partial charge in [-0.05, 0) is 66.1 Å². The Kier molecular flexibility index (Phi) is 4.94. The molecule has 1 N–H and O–H groups in total. The van der Waals surface area contributed by atoms with Gasteiger partial charge in [0, 0.05) is 18.0 Å². The van der Waals surface area contributed by atoms with E-state index in [4.69, 9.17) is 4.42 Å². The van der Waals surface area contributed by atoms with Crippen LogP contribution in [0.5, 0.6) is 0 Å². The maximum absolute atomic E-state index is 5.63. The summed E-state index contributed by atoms with van der Waals surface area (Å²) in [6.07, 6.45) is 4.37. The van der Waals surface area contributed by atoms with E-state index in [1.807, 2.05) is 6.07 Å². The van der Waals surface area contributed by atoms with Gasteiger partial charge in [-0.2, -0.15) is 0 Å². The summed E-state index contributed by atoms with van der Waals surface area (Å²) in [7, 11) is 0. The molecular weight excluding hydrogens is 336 g/mol. The van der Waals surface area contributed by atoms with Crippen LogP contribution >= 0.6 is 27.3 Å². The largest absolute Gasteiger partial charge is 0.468 e. The molecule has 0 unspecified atom stereocenters. The third-order valence-corrected chi connectivity index (χ3v) is 5.34. The molecule has 3 heterocycles. The number of hydrogen-bond acceptors (Lipinski definition) is 4. The number of nitrogens with zero attached hydrogens (tertiary/aromatic N) is 1. The second kappa shape index (κ2) is 6.89. The number of rotatable bonds is 6. The van der Waals surface area contributed by atoms with E-state index in [9.17, 15) is 0 Å². The molecule has 1 aliphatic rings. The Labute approximate surface area is 132 Å². The monoisotopic (exact) mass is 354 g/mol. The summed E-state index contributed by atoms with van der Waals surface area (Å²) in [6, 6.07) is 8.70. The summed E-state index contributed by atoms with van der Waals surface area (Å²) in [6.45, 7) is 4.21. The van der Waals surface area contributed by atoms with Gasteiger partial charge in [0.2, 0.25) is 0 Å². The van der Waals surface area contributed by atoms with Crippen LogP contribution in [-0.2, 0) is 6.54 Å². The summed E-state index contributed by atoms with van der Waals surface area (Å²) >= 11 is 5.29. The normalized spacial score (nSPS) is 17.6. The van der Waals surface area contributed by atoms with Gasteiger partial charge < -0.3 is 9.73 Å². The zero-order valence-electron chi connectivity index (χ0n) is 11.3. The van der Waals surface area contributed by atoms with E-state index in [1.165, 1.54) is 34.6 Å². The number of furan rings is 1. The molecular formula is C15H19BrN2OS. The van der Waals surface area contributed by atoms with Crippen LogP contribution in [0.2, 0.25) is 0 Å². The van der Waals surface area contributed by atoms with Crippen molar-refractivity contribution in [3.63, 3.8) is 0 Å². The molecule has 2 aromatic rings. The van der Waals surface area contributed by atoms with Gasteiger partial charge in [0.15, 0.2) is 0 Å². The van der Waals surface area contributed by atoms with Crippen LogP contribution in [-0.4, -0.2) is 24.5 Å². The van der Waals surface area contributed by atoms with E-state index in [0.717, 1.165) is 18.8 Å². The standard InChI is InChI=1S/C15H19BrN2OS/c16-15-6-5-12(20-15)10-17-11-13(14-4-3-9-19-14)18-7-1-2-8-18/h3-6,9,13,17H,1-2,7-8,10-11H2/t13-/m1/s1. The molecule has 3 nitrogen and oxygen atoms in total. The molecule has 3 rings (SSSR count). The molecule has 0 spiro atoms. The Bertz CT molecular complexity index is 520. The van der Waals surface area contributed by atoms with Crippen LogP contribution in [0.15, 0.2) is 38.7 Å². The first kappa shape index (κ1) is 14.3. The van der Waals surface area contributed by atoms with Gasteiger partial charge in [0.25, 0.3) is 0 Å². The molecule has 108 valence electrons. The van der Waals surface area contributed by atoms with E-state index >= 15 is 0 Å². The lowest BCUT2D eigenvalue weighted by Gasteiger charge is -2.26. The van der Waals surface area contributed by atoms with Crippen LogP contribution in [0.25, 0.3) is 0 Å². The molecule has 0 saturated carbocycles. The maximum Gasteiger partial charge on any atom is 0.122 e. The topological polar surface area (TPSA) is 28.4 Å². The average Bonchev–Trinajstić information content (AvgIpc) is 3.18. The molecule has 1 aliphatic heterocycles. The van der Waals surface area contributed by atoms with Crippen molar-refractivity contribution in [1.29, 1.82) is 0 Å². The summed E-state index contributed by atoms with van der Waals surface area (Å²) in [5, 5.41) is 3.57. The van der Waals surface area contributed by atoms with Crippen LogP contribution in [0, 0.1) is 0 Å². The fraction of sp³-hybridized carbons (Fsp3) is 0.467. The van der Waals surface area contributed by atoms with Crippen molar-refractivity contribution in [1.82, 2.24) is 10.2 Å². The third-order valence-electron chi connectivity index (χ3n) is 3.72. The molecule has 2 aromatic heterocycles. The number of hydrogen-bond donors (Lipinski definition) is 1. The predicted octanol–water partition coefficient (Wildman–Crippen LogP) is 4.03. The molecule has 20 heavy (non-hydrogen) atoms. The average molecular weight is 355 g/mol. The Morgan fingerprint density at radius 2 is 2.15 bits per heavy atom. The Morgan fingerprint density at radius 3 is 2.80 bits per heavy atom. The van der Waals surface area contributed by atoms with Crippen molar-refractivity contribution < 1.29 is 4.42 Å². The van der Waals surface area contributed by atoms with E-state index in [2.05, 4.69) is 44.3 Å². The van der Waals surface area contributed by atoms with Gasteiger partial charge in [-0.1, -0.05) is 0 Å². The Morgan fingerprint density at radius 1 is 1.30 bits per heavy atom. The predicted molar refractivity (Wildman–Crippen MR) is 86.0 cm³/mol. The molecule has 5 heteroatoms. The number of thiophene rings is 1. The molecule has 0 amide bonds. The van der Waals surface area contributed by atoms with Crippen molar-refractivity contribution >= 4 is 27.3 Å². The lowest BCUT2D eigenvalue weighted by molar-refractivity contribution is 0.209. The Balaban J connectivity index is 1.58. The first-order valence-corrected chi connectivity index (χ1v) is 8.66. The zero-order chi connectivity index (χ0) is 13.8. The molecule has 1 fully saturated rings. The van der Waals surface area contributed by atoms with Crippen LogP contribution in [0.1, 0.15) is 29.5 Å². The van der Waals surface area contributed by atoms with Crippen LogP contribution in [0.3, 0.4) is 0 Å².